The number of nitrogens with two attached hydrogens (primary N) is 1. The summed E-state index contributed by atoms with van der Waals surface area (Å²) in [5, 5.41) is 2.66. The molecule has 1 heterocycles. The molecule has 132 valence electrons. The number of benzene rings is 2. The quantitative estimate of drug-likeness (QED) is 0.839. The highest BCUT2D eigenvalue weighted by molar-refractivity contribution is 6.05. The second-order valence-electron chi connectivity index (χ2n) is 6.15. The van der Waals surface area contributed by atoms with Crippen LogP contribution in [-0.4, -0.2) is 43.5 Å². The van der Waals surface area contributed by atoms with E-state index in [0.717, 1.165) is 38.4 Å². The van der Waals surface area contributed by atoms with E-state index in [1.165, 1.54) is 18.2 Å². The Balaban J connectivity index is 1.66. The molecule has 1 saturated heterocycles. The van der Waals surface area contributed by atoms with Crippen LogP contribution in [0, 0.1) is 5.82 Å². The van der Waals surface area contributed by atoms with Gasteiger partial charge in [-0.05, 0) is 49.0 Å². The van der Waals surface area contributed by atoms with Crippen LogP contribution in [0.1, 0.15) is 17.3 Å². The van der Waals surface area contributed by atoms with Gasteiger partial charge in [-0.15, -0.1) is 0 Å². The molecular weight excluding hydrogens is 319 g/mol. The number of nitrogens with one attached hydrogen (secondary N) is 1. The Bertz CT molecular complexity index is 740. The van der Waals surface area contributed by atoms with Crippen molar-refractivity contribution in [3.63, 3.8) is 0 Å². The highest BCUT2D eigenvalue weighted by atomic mass is 19.1. The van der Waals surface area contributed by atoms with E-state index in [4.69, 9.17) is 5.73 Å². The topological polar surface area (TPSA) is 61.6 Å². The summed E-state index contributed by atoms with van der Waals surface area (Å²) in [5.74, 6) is -0.745. The molecule has 1 amide bonds. The van der Waals surface area contributed by atoms with E-state index in [-0.39, 0.29) is 11.6 Å². The van der Waals surface area contributed by atoms with Crippen molar-refractivity contribution in [2.45, 2.75) is 6.92 Å². The zero-order valence-electron chi connectivity index (χ0n) is 14.3. The van der Waals surface area contributed by atoms with E-state index >= 15 is 0 Å². The van der Waals surface area contributed by atoms with Gasteiger partial charge in [0.2, 0.25) is 0 Å². The second-order valence-corrected chi connectivity index (χ2v) is 6.15. The molecule has 3 N–H and O–H groups in total. The maximum atomic E-state index is 13.3. The number of likely N-dealkylation sites (N-methyl/N-ethyl adjacent to an activating group) is 1. The number of halogens is 1. The first-order valence-corrected chi connectivity index (χ1v) is 8.50. The van der Waals surface area contributed by atoms with Crippen LogP contribution in [0.2, 0.25) is 0 Å². The number of nitrogens with zero attached hydrogens (tertiary/aromatic N) is 2. The van der Waals surface area contributed by atoms with Gasteiger partial charge in [0, 0.05) is 37.4 Å². The lowest BCUT2D eigenvalue weighted by atomic mass is 10.1. The lowest BCUT2D eigenvalue weighted by molar-refractivity contribution is 0.102. The molecular formula is C19H23FN4O. The Labute approximate surface area is 147 Å². The Morgan fingerprint density at radius 1 is 1.12 bits per heavy atom. The largest absolute Gasteiger partial charge is 0.397 e. The number of anilines is 3. The number of piperazine rings is 1. The third-order valence-corrected chi connectivity index (χ3v) is 4.58. The Morgan fingerprint density at radius 2 is 1.80 bits per heavy atom. The molecule has 2 aromatic carbocycles. The third kappa shape index (κ3) is 4.09. The predicted molar refractivity (Wildman–Crippen MR) is 99.5 cm³/mol. The van der Waals surface area contributed by atoms with E-state index in [1.807, 2.05) is 12.1 Å². The maximum absolute atomic E-state index is 13.3. The number of amides is 1. The molecule has 0 aliphatic carbocycles. The zero-order valence-corrected chi connectivity index (χ0v) is 14.3. The summed E-state index contributed by atoms with van der Waals surface area (Å²) in [5.41, 5.74) is 8.01. The second kappa shape index (κ2) is 7.53. The summed E-state index contributed by atoms with van der Waals surface area (Å²) in [4.78, 5) is 17.1. The molecule has 0 unspecified atom stereocenters. The molecule has 3 rings (SSSR count). The fraction of sp³-hybridized carbons (Fsp3) is 0.316. The first kappa shape index (κ1) is 17.2. The minimum absolute atomic E-state index is 0.282. The standard InChI is InChI=1S/C19H23FN4O/c1-2-23-9-11-24(12-10-23)16-6-3-14(4-7-16)19(25)22-18-13-15(20)5-8-17(18)21/h3-8,13H,2,9-12,21H2,1H3,(H,22,25). The van der Waals surface area contributed by atoms with Crippen molar-refractivity contribution in [2.24, 2.45) is 0 Å². The summed E-state index contributed by atoms with van der Waals surface area (Å²) < 4.78 is 13.3. The first-order chi connectivity index (χ1) is 12.1. The van der Waals surface area contributed by atoms with E-state index in [1.54, 1.807) is 12.1 Å². The maximum Gasteiger partial charge on any atom is 0.255 e. The van der Waals surface area contributed by atoms with E-state index in [0.29, 0.717) is 11.3 Å². The number of hydrogen-bond acceptors (Lipinski definition) is 4. The Morgan fingerprint density at radius 3 is 2.44 bits per heavy atom. The predicted octanol–water partition coefficient (Wildman–Crippen LogP) is 2.80. The normalized spacial score (nSPS) is 15.2. The average molecular weight is 342 g/mol. The molecule has 0 bridgehead atoms. The van der Waals surface area contributed by atoms with Crippen LogP contribution in [0.25, 0.3) is 0 Å². The summed E-state index contributed by atoms with van der Waals surface area (Å²) in [6, 6.07) is 11.4. The molecule has 5 nitrogen and oxygen atoms in total. The highest BCUT2D eigenvalue weighted by Gasteiger charge is 2.16. The molecule has 1 aliphatic heterocycles. The van der Waals surface area contributed by atoms with Crippen LogP contribution < -0.4 is 16.0 Å². The van der Waals surface area contributed by atoms with Crippen molar-refractivity contribution in [3.05, 3.63) is 53.8 Å². The molecule has 6 heteroatoms. The van der Waals surface area contributed by atoms with Crippen molar-refractivity contribution in [2.75, 3.05) is 48.7 Å². The molecule has 0 atom stereocenters. The van der Waals surface area contributed by atoms with Crippen LogP contribution in [0.15, 0.2) is 42.5 Å². The Kier molecular flexibility index (Phi) is 5.19. The first-order valence-electron chi connectivity index (χ1n) is 8.50. The molecule has 0 spiro atoms. The third-order valence-electron chi connectivity index (χ3n) is 4.58. The van der Waals surface area contributed by atoms with Crippen molar-refractivity contribution < 1.29 is 9.18 Å². The van der Waals surface area contributed by atoms with Crippen molar-refractivity contribution >= 4 is 23.0 Å². The summed E-state index contributed by atoms with van der Waals surface area (Å²) in [6.07, 6.45) is 0. The summed E-state index contributed by atoms with van der Waals surface area (Å²) >= 11 is 0. The van der Waals surface area contributed by atoms with Crippen LogP contribution >= 0.6 is 0 Å². The highest BCUT2D eigenvalue weighted by Crippen LogP contribution is 2.21. The fourth-order valence-corrected chi connectivity index (χ4v) is 2.98. The lowest BCUT2D eigenvalue weighted by Crippen LogP contribution is -2.46. The van der Waals surface area contributed by atoms with Gasteiger partial charge >= 0.3 is 0 Å². The van der Waals surface area contributed by atoms with Gasteiger partial charge in [0.1, 0.15) is 5.82 Å². The van der Waals surface area contributed by atoms with E-state index < -0.39 is 5.82 Å². The molecule has 0 aromatic heterocycles. The van der Waals surface area contributed by atoms with Crippen LogP contribution in [-0.2, 0) is 0 Å². The minimum Gasteiger partial charge on any atom is -0.397 e. The molecule has 0 saturated carbocycles. The van der Waals surface area contributed by atoms with Gasteiger partial charge in [-0.25, -0.2) is 4.39 Å². The van der Waals surface area contributed by atoms with Crippen molar-refractivity contribution in [1.29, 1.82) is 0 Å². The van der Waals surface area contributed by atoms with Crippen molar-refractivity contribution in [3.8, 4) is 0 Å². The molecule has 25 heavy (non-hydrogen) atoms. The van der Waals surface area contributed by atoms with Gasteiger partial charge in [-0.1, -0.05) is 6.92 Å². The van der Waals surface area contributed by atoms with Gasteiger partial charge in [0.05, 0.1) is 11.4 Å². The zero-order chi connectivity index (χ0) is 17.8. The molecule has 1 aliphatic rings. The van der Waals surface area contributed by atoms with Gasteiger partial charge in [-0.2, -0.15) is 0 Å². The van der Waals surface area contributed by atoms with Crippen LogP contribution in [0.3, 0.4) is 0 Å². The average Bonchev–Trinajstić information content (AvgIpc) is 2.65. The summed E-state index contributed by atoms with van der Waals surface area (Å²) in [7, 11) is 0. The van der Waals surface area contributed by atoms with Gasteiger partial charge in [0.15, 0.2) is 0 Å². The van der Waals surface area contributed by atoms with E-state index in [9.17, 15) is 9.18 Å². The van der Waals surface area contributed by atoms with Crippen LogP contribution in [0.5, 0.6) is 0 Å². The van der Waals surface area contributed by atoms with Gasteiger partial charge < -0.3 is 20.9 Å². The van der Waals surface area contributed by atoms with Crippen molar-refractivity contribution in [1.82, 2.24) is 4.90 Å². The van der Waals surface area contributed by atoms with Gasteiger partial charge in [0.25, 0.3) is 5.91 Å². The van der Waals surface area contributed by atoms with E-state index in [2.05, 4.69) is 22.0 Å². The number of carbonyl (C=O) groups is 1. The summed E-state index contributed by atoms with van der Waals surface area (Å²) in [6.45, 7) is 7.33. The minimum atomic E-state index is -0.439. The lowest BCUT2D eigenvalue weighted by Gasteiger charge is -2.35. The van der Waals surface area contributed by atoms with Gasteiger partial charge in [-0.3, -0.25) is 4.79 Å². The van der Waals surface area contributed by atoms with Crippen LogP contribution in [0.4, 0.5) is 21.5 Å². The Hall–Kier alpha value is -2.60. The molecule has 2 aromatic rings. The number of carbonyl (C=O) groups excluding carboxylic acids is 1. The smallest absolute Gasteiger partial charge is 0.255 e. The fourth-order valence-electron chi connectivity index (χ4n) is 2.98. The number of hydrogen-bond donors (Lipinski definition) is 2. The number of rotatable bonds is 4. The SMILES string of the molecule is CCN1CCN(c2ccc(C(=O)Nc3cc(F)ccc3N)cc2)CC1. The monoisotopic (exact) mass is 342 g/mol. The molecule has 1 fully saturated rings. The molecule has 0 radical (unpaired) electrons. The number of nitrogen functional groups attached to an aromatic ring is 1.